The number of rotatable bonds is 4. The van der Waals surface area contributed by atoms with Gasteiger partial charge in [-0.25, -0.2) is 0 Å². The van der Waals surface area contributed by atoms with Crippen molar-refractivity contribution in [2.45, 2.75) is 39.7 Å². The molecule has 13 heavy (non-hydrogen) atoms. The number of nitrogens with zero attached hydrogens (tertiary/aromatic N) is 1. The van der Waals surface area contributed by atoms with Crippen molar-refractivity contribution >= 4 is 0 Å². The Balaban J connectivity index is 2.10. The maximum absolute atomic E-state index is 5.71. The van der Waals surface area contributed by atoms with E-state index in [1.54, 1.807) is 0 Å². The maximum Gasteiger partial charge on any atom is 0.00109 e. The summed E-state index contributed by atoms with van der Waals surface area (Å²) in [6.45, 7) is 10.6. The van der Waals surface area contributed by atoms with Gasteiger partial charge >= 0.3 is 0 Å². The first-order chi connectivity index (χ1) is 6.09. The molecule has 0 aliphatic carbocycles. The van der Waals surface area contributed by atoms with Gasteiger partial charge in [0.15, 0.2) is 0 Å². The molecule has 3 unspecified atom stereocenters. The summed E-state index contributed by atoms with van der Waals surface area (Å²) in [5.74, 6) is 1.77. The highest BCUT2D eigenvalue weighted by Gasteiger charge is 2.25. The van der Waals surface area contributed by atoms with Crippen molar-refractivity contribution in [3.8, 4) is 0 Å². The zero-order valence-electron chi connectivity index (χ0n) is 9.29. The van der Waals surface area contributed by atoms with Crippen molar-refractivity contribution in [2.75, 3.05) is 19.6 Å². The van der Waals surface area contributed by atoms with Crippen LogP contribution in [0.2, 0.25) is 0 Å². The van der Waals surface area contributed by atoms with Gasteiger partial charge in [0.25, 0.3) is 0 Å². The average molecular weight is 184 g/mol. The second-order valence-electron chi connectivity index (χ2n) is 4.83. The first-order valence-corrected chi connectivity index (χ1v) is 5.57. The molecule has 1 saturated heterocycles. The van der Waals surface area contributed by atoms with E-state index in [4.69, 9.17) is 5.73 Å². The monoisotopic (exact) mass is 184 g/mol. The van der Waals surface area contributed by atoms with Crippen LogP contribution in [0, 0.1) is 11.8 Å². The predicted octanol–water partition coefficient (Wildman–Crippen LogP) is 1.70. The molecule has 0 spiro atoms. The van der Waals surface area contributed by atoms with E-state index in [1.165, 1.54) is 32.5 Å². The molecule has 1 aliphatic heterocycles. The van der Waals surface area contributed by atoms with E-state index in [2.05, 4.69) is 25.7 Å². The van der Waals surface area contributed by atoms with Gasteiger partial charge in [-0.05, 0) is 38.1 Å². The van der Waals surface area contributed by atoms with Crippen LogP contribution in [0.5, 0.6) is 0 Å². The Hall–Kier alpha value is -0.0800. The van der Waals surface area contributed by atoms with E-state index in [0.717, 1.165) is 11.8 Å². The van der Waals surface area contributed by atoms with E-state index in [1.807, 2.05) is 0 Å². The molecule has 2 N–H and O–H groups in total. The van der Waals surface area contributed by atoms with Crippen molar-refractivity contribution < 1.29 is 0 Å². The van der Waals surface area contributed by atoms with Crippen LogP contribution in [0.1, 0.15) is 33.6 Å². The van der Waals surface area contributed by atoms with Crippen LogP contribution in [-0.2, 0) is 0 Å². The fraction of sp³-hybridized carbons (Fsp3) is 1.00. The summed E-state index contributed by atoms with van der Waals surface area (Å²) < 4.78 is 0. The fourth-order valence-corrected chi connectivity index (χ4v) is 2.07. The molecular formula is C11H24N2. The lowest BCUT2D eigenvalue weighted by molar-refractivity contribution is 0.312. The Bertz CT molecular complexity index is 135. The minimum absolute atomic E-state index is 0.373. The van der Waals surface area contributed by atoms with E-state index < -0.39 is 0 Å². The lowest BCUT2D eigenvalue weighted by Gasteiger charge is -2.15. The summed E-state index contributed by atoms with van der Waals surface area (Å²) in [4.78, 5) is 2.58. The average Bonchev–Trinajstić information content (AvgIpc) is 2.30. The number of hydrogen-bond donors (Lipinski definition) is 1. The summed E-state index contributed by atoms with van der Waals surface area (Å²) in [5.41, 5.74) is 5.71. The highest BCUT2D eigenvalue weighted by atomic mass is 15.1. The Labute approximate surface area is 82.5 Å². The second kappa shape index (κ2) is 4.97. The first-order valence-electron chi connectivity index (χ1n) is 5.57. The molecule has 0 aromatic carbocycles. The number of nitrogens with two attached hydrogens (primary N) is 1. The van der Waals surface area contributed by atoms with Crippen LogP contribution < -0.4 is 5.73 Å². The molecular weight excluding hydrogens is 160 g/mol. The molecule has 0 aromatic heterocycles. The second-order valence-corrected chi connectivity index (χ2v) is 4.83. The Morgan fingerprint density at radius 1 is 1.31 bits per heavy atom. The van der Waals surface area contributed by atoms with Crippen LogP contribution in [0.4, 0.5) is 0 Å². The SMILES string of the molecule is CC(N)CCCN1CC(C)C(C)C1. The van der Waals surface area contributed by atoms with Crippen molar-refractivity contribution in [1.82, 2.24) is 4.90 Å². The van der Waals surface area contributed by atoms with Crippen LogP contribution in [0.15, 0.2) is 0 Å². The molecule has 1 fully saturated rings. The third-order valence-corrected chi connectivity index (χ3v) is 3.20. The van der Waals surface area contributed by atoms with Gasteiger partial charge < -0.3 is 10.6 Å². The molecule has 0 amide bonds. The summed E-state index contributed by atoms with van der Waals surface area (Å²) in [6.07, 6.45) is 2.43. The van der Waals surface area contributed by atoms with E-state index in [0.29, 0.717) is 6.04 Å². The van der Waals surface area contributed by atoms with Gasteiger partial charge in [0, 0.05) is 19.1 Å². The number of hydrogen-bond acceptors (Lipinski definition) is 2. The summed E-state index contributed by atoms with van der Waals surface area (Å²) in [6, 6.07) is 0.373. The van der Waals surface area contributed by atoms with Crippen molar-refractivity contribution in [3.05, 3.63) is 0 Å². The molecule has 2 nitrogen and oxygen atoms in total. The maximum atomic E-state index is 5.71. The predicted molar refractivity (Wildman–Crippen MR) is 57.7 cm³/mol. The smallest absolute Gasteiger partial charge is 0.00109 e. The Kier molecular flexibility index (Phi) is 4.20. The zero-order chi connectivity index (χ0) is 9.84. The standard InChI is InChI=1S/C11H24N2/c1-9-7-13(8-10(9)2)6-4-5-11(3)12/h9-11H,4-8,12H2,1-3H3. The quantitative estimate of drug-likeness (QED) is 0.720. The molecule has 2 heteroatoms. The van der Waals surface area contributed by atoms with Gasteiger partial charge in [-0.3, -0.25) is 0 Å². The molecule has 1 heterocycles. The lowest BCUT2D eigenvalue weighted by Crippen LogP contribution is -2.24. The third kappa shape index (κ3) is 3.65. The normalized spacial score (nSPS) is 32.3. The van der Waals surface area contributed by atoms with E-state index in [9.17, 15) is 0 Å². The van der Waals surface area contributed by atoms with Gasteiger partial charge in [-0.2, -0.15) is 0 Å². The van der Waals surface area contributed by atoms with Crippen molar-refractivity contribution in [2.24, 2.45) is 17.6 Å². The molecule has 1 aliphatic rings. The highest BCUT2D eigenvalue weighted by Crippen LogP contribution is 2.22. The zero-order valence-corrected chi connectivity index (χ0v) is 9.29. The fourth-order valence-electron chi connectivity index (χ4n) is 2.07. The van der Waals surface area contributed by atoms with Gasteiger partial charge in [-0.1, -0.05) is 13.8 Å². The molecule has 78 valence electrons. The lowest BCUT2D eigenvalue weighted by atomic mass is 10.0. The minimum Gasteiger partial charge on any atom is -0.328 e. The largest absolute Gasteiger partial charge is 0.328 e. The van der Waals surface area contributed by atoms with E-state index in [-0.39, 0.29) is 0 Å². The van der Waals surface area contributed by atoms with Crippen molar-refractivity contribution in [3.63, 3.8) is 0 Å². The topological polar surface area (TPSA) is 29.3 Å². The van der Waals surface area contributed by atoms with Gasteiger partial charge in [0.05, 0.1) is 0 Å². The first kappa shape index (κ1) is 11.0. The number of likely N-dealkylation sites (tertiary alicyclic amines) is 1. The van der Waals surface area contributed by atoms with Crippen LogP contribution in [0.25, 0.3) is 0 Å². The van der Waals surface area contributed by atoms with Gasteiger partial charge in [0.2, 0.25) is 0 Å². The Morgan fingerprint density at radius 2 is 1.85 bits per heavy atom. The molecule has 0 saturated carbocycles. The highest BCUT2D eigenvalue weighted by molar-refractivity contribution is 4.78. The summed E-state index contributed by atoms with van der Waals surface area (Å²) >= 11 is 0. The van der Waals surface area contributed by atoms with Crippen LogP contribution >= 0.6 is 0 Å². The molecule has 0 radical (unpaired) electrons. The molecule has 3 atom stereocenters. The Morgan fingerprint density at radius 3 is 2.31 bits per heavy atom. The minimum atomic E-state index is 0.373. The summed E-state index contributed by atoms with van der Waals surface area (Å²) in [7, 11) is 0. The third-order valence-electron chi connectivity index (χ3n) is 3.20. The summed E-state index contributed by atoms with van der Waals surface area (Å²) in [5, 5.41) is 0. The van der Waals surface area contributed by atoms with Gasteiger partial charge in [0.1, 0.15) is 0 Å². The molecule has 0 aromatic rings. The van der Waals surface area contributed by atoms with Crippen LogP contribution in [-0.4, -0.2) is 30.6 Å². The van der Waals surface area contributed by atoms with E-state index >= 15 is 0 Å². The molecule has 1 rings (SSSR count). The van der Waals surface area contributed by atoms with Crippen LogP contribution in [0.3, 0.4) is 0 Å². The van der Waals surface area contributed by atoms with Crippen molar-refractivity contribution in [1.29, 1.82) is 0 Å². The van der Waals surface area contributed by atoms with Gasteiger partial charge in [-0.15, -0.1) is 0 Å². The molecule has 0 bridgehead atoms.